The van der Waals surface area contributed by atoms with Gasteiger partial charge in [-0.1, -0.05) is 6.92 Å². The number of anilines is 2. The first-order valence-electron chi connectivity index (χ1n) is 5.68. The second-order valence-electron chi connectivity index (χ2n) is 3.68. The molecule has 6 heteroatoms. The lowest BCUT2D eigenvalue weighted by Gasteiger charge is -2.14. The molecule has 0 saturated heterocycles. The maximum atomic E-state index is 5.59. The number of thioether (sulfide) groups is 1. The van der Waals surface area contributed by atoms with Crippen LogP contribution >= 0.6 is 11.8 Å². The summed E-state index contributed by atoms with van der Waals surface area (Å²) < 4.78 is 5.04. The fourth-order valence-corrected chi connectivity index (χ4v) is 2.16. The molecule has 17 heavy (non-hydrogen) atoms. The van der Waals surface area contributed by atoms with E-state index in [1.165, 1.54) is 0 Å². The van der Waals surface area contributed by atoms with Gasteiger partial charge < -0.3 is 15.8 Å². The SMILES string of the molecule is CCSCCC(C)Nc1cc(OC)nc(N)n1. The largest absolute Gasteiger partial charge is 0.481 e. The van der Waals surface area contributed by atoms with E-state index < -0.39 is 0 Å². The first kappa shape index (κ1) is 13.9. The maximum absolute atomic E-state index is 5.59. The predicted molar refractivity (Wildman–Crippen MR) is 73.7 cm³/mol. The third kappa shape index (κ3) is 5.12. The van der Waals surface area contributed by atoms with Crippen LogP contribution in [0, 0.1) is 0 Å². The molecule has 3 N–H and O–H groups in total. The molecule has 1 unspecified atom stereocenters. The molecule has 0 amide bonds. The minimum atomic E-state index is 0.224. The van der Waals surface area contributed by atoms with Gasteiger partial charge >= 0.3 is 0 Å². The Morgan fingerprint density at radius 2 is 2.29 bits per heavy atom. The molecule has 1 atom stereocenters. The van der Waals surface area contributed by atoms with E-state index in [0.717, 1.165) is 17.9 Å². The first-order chi connectivity index (χ1) is 8.15. The van der Waals surface area contributed by atoms with Gasteiger partial charge in [-0.25, -0.2) is 0 Å². The van der Waals surface area contributed by atoms with Crippen LogP contribution in [0.5, 0.6) is 5.88 Å². The molecule has 0 spiro atoms. The molecule has 1 rings (SSSR count). The number of aromatic nitrogens is 2. The maximum Gasteiger partial charge on any atom is 0.225 e. The van der Waals surface area contributed by atoms with Crippen molar-refractivity contribution in [2.45, 2.75) is 26.3 Å². The average Bonchev–Trinajstić information content (AvgIpc) is 2.28. The van der Waals surface area contributed by atoms with Crippen LogP contribution in [0.25, 0.3) is 0 Å². The number of hydrogen-bond donors (Lipinski definition) is 2. The molecule has 0 fully saturated rings. The van der Waals surface area contributed by atoms with Crippen LogP contribution in [0.2, 0.25) is 0 Å². The Kier molecular flexibility index (Phi) is 5.90. The molecule has 0 aliphatic rings. The van der Waals surface area contributed by atoms with E-state index in [-0.39, 0.29) is 5.95 Å². The quantitative estimate of drug-likeness (QED) is 0.727. The summed E-state index contributed by atoms with van der Waals surface area (Å²) in [6, 6.07) is 2.10. The minimum Gasteiger partial charge on any atom is -0.481 e. The van der Waals surface area contributed by atoms with Gasteiger partial charge in [0.1, 0.15) is 5.82 Å². The van der Waals surface area contributed by atoms with Crippen molar-refractivity contribution in [2.24, 2.45) is 0 Å². The summed E-state index contributed by atoms with van der Waals surface area (Å²) in [6.07, 6.45) is 1.09. The highest BCUT2D eigenvalue weighted by molar-refractivity contribution is 7.99. The lowest BCUT2D eigenvalue weighted by molar-refractivity contribution is 0.398. The number of nitrogens with two attached hydrogens (primary N) is 1. The van der Waals surface area contributed by atoms with E-state index >= 15 is 0 Å². The topological polar surface area (TPSA) is 73.1 Å². The van der Waals surface area contributed by atoms with Crippen molar-refractivity contribution >= 4 is 23.5 Å². The Morgan fingerprint density at radius 1 is 1.53 bits per heavy atom. The van der Waals surface area contributed by atoms with Crippen LogP contribution in [0.3, 0.4) is 0 Å². The molecule has 0 aliphatic carbocycles. The van der Waals surface area contributed by atoms with Crippen molar-refractivity contribution in [2.75, 3.05) is 29.7 Å². The van der Waals surface area contributed by atoms with Crippen LogP contribution in [-0.4, -0.2) is 34.6 Å². The molecule has 5 nitrogen and oxygen atoms in total. The van der Waals surface area contributed by atoms with Crippen molar-refractivity contribution in [1.82, 2.24) is 9.97 Å². The summed E-state index contributed by atoms with van der Waals surface area (Å²) in [5.41, 5.74) is 5.59. The number of rotatable bonds is 7. The second kappa shape index (κ2) is 7.21. The van der Waals surface area contributed by atoms with Gasteiger partial charge in [0.2, 0.25) is 11.8 Å². The molecule has 1 aromatic rings. The van der Waals surface area contributed by atoms with Crippen molar-refractivity contribution in [3.05, 3.63) is 6.07 Å². The van der Waals surface area contributed by atoms with E-state index in [2.05, 4.69) is 29.1 Å². The summed E-state index contributed by atoms with van der Waals surface area (Å²) in [4.78, 5) is 8.05. The Bertz CT molecular complexity index is 348. The molecule has 1 aromatic heterocycles. The van der Waals surface area contributed by atoms with Gasteiger partial charge in [-0.05, 0) is 24.9 Å². The number of nitrogen functional groups attached to an aromatic ring is 1. The highest BCUT2D eigenvalue weighted by atomic mass is 32.2. The summed E-state index contributed by atoms with van der Waals surface area (Å²) in [6.45, 7) is 4.29. The molecular weight excluding hydrogens is 236 g/mol. The van der Waals surface area contributed by atoms with Crippen molar-refractivity contribution < 1.29 is 4.74 Å². The van der Waals surface area contributed by atoms with Gasteiger partial charge in [-0.15, -0.1) is 0 Å². The fraction of sp³-hybridized carbons (Fsp3) is 0.636. The van der Waals surface area contributed by atoms with Crippen LogP contribution in [-0.2, 0) is 0 Å². The Labute approximate surface area is 107 Å². The molecule has 0 saturated carbocycles. The first-order valence-corrected chi connectivity index (χ1v) is 6.84. The zero-order valence-electron chi connectivity index (χ0n) is 10.6. The number of hydrogen-bond acceptors (Lipinski definition) is 6. The number of nitrogens with zero attached hydrogens (tertiary/aromatic N) is 2. The summed E-state index contributed by atoms with van der Waals surface area (Å²) in [5.74, 6) is 3.71. The van der Waals surface area contributed by atoms with Crippen LogP contribution in [0.1, 0.15) is 20.3 Å². The summed E-state index contributed by atoms with van der Waals surface area (Å²) >= 11 is 1.94. The van der Waals surface area contributed by atoms with Gasteiger partial charge in [0.15, 0.2) is 0 Å². The summed E-state index contributed by atoms with van der Waals surface area (Å²) in [7, 11) is 1.56. The molecule has 0 bridgehead atoms. The van der Waals surface area contributed by atoms with Crippen molar-refractivity contribution in [3.63, 3.8) is 0 Å². The minimum absolute atomic E-state index is 0.224. The van der Waals surface area contributed by atoms with Gasteiger partial charge in [0, 0.05) is 12.1 Å². The van der Waals surface area contributed by atoms with Gasteiger partial charge in [0.05, 0.1) is 7.11 Å². The lowest BCUT2D eigenvalue weighted by atomic mass is 10.2. The monoisotopic (exact) mass is 256 g/mol. The van der Waals surface area contributed by atoms with Crippen molar-refractivity contribution in [1.29, 1.82) is 0 Å². The lowest BCUT2D eigenvalue weighted by Crippen LogP contribution is -2.17. The molecule has 1 heterocycles. The number of ether oxygens (including phenoxy) is 1. The van der Waals surface area contributed by atoms with Gasteiger partial charge in [0.25, 0.3) is 0 Å². The zero-order valence-corrected chi connectivity index (χ0v) is 11.4. The normalized spacial score (nSPS) is 12.2. The highest BCUT2D eigenvalue weighted by Gasteiger charge is 2.06. The fourth-order valence-electron chi connectivity index (χ4n) is 1.35. The van der Waals surface area contributed by atoms with E-state index in [1.807, 2.05) is 11.8 Å². The Morgan fingerprint density at radius 3 is 2.94 bits per heavy atom. The smallest absolute Gasteiger partial charge is 0.225 e. The third-order valence-electron chi connectivity index (χ3n) is 2.22. The van der Waals surface area contributed by atoms with Gasteiger partial charge in [-0.3, -0.25) is 0 Å². The number of nitrogens with one attached hydrogen (secondary N) is 1. The summed E-state index contributed by atoms with van der Waals surface area (Å²) in [5, 5.41) is 3.29. The molecule has 0 aromatic carbocycles. The predicted octanol–water partition coefficient (Wildman–Crippen LogP) is 2.01. The third-order valence-corrected chi connectivity index (χ3v) is 3.16. The van der Waals surface area contributed by atoms with Crippen LogP contribution in [0.15, 0.2) is 6.07 Å². The van der Waals surface area contributed by atoms with E-state index in [9.17, 15) is 0 Å². The Hall–Kier alpha value is -1.17. The standard InChI is InChI=1S/C11H20N4OS/c1-4-17-6-5-8(2)13-9-7-10(16-3)15-11(12)14-9/h7-8H,4-6H2,1-3H3,(H3,12,13,14,15). The zero-order chi connectivity index (χ0) is 12.7. The van der Waals surface area contributed by atoms with Crippen molar-refractivity contribution in [3.8, 4) is 5.88 Å². The average molecular weight is 256 g/mol. The van der Waals surface area contributed by atoms with E-state index in [0.29, 0.717) is 17.7 Å². The van der Waals surface area contributed by atoms with E-state index in [1.54, 1.807) is 13.2 Å². The molecule has 0 radical (unpaired) electrons. The molecule has 0 aliphatic heterocycles. The molecule has 96 valence electrons. The number of methoxy groups -OCH3 is 1. The Balaban J connectivity index is 2.52. The van der Waals surface area contributed by atoms with Crippen LogP contribution < -0.4 is 15.8 Å². The van der Waals surface area contributed by atoms with E-state index in [4.69, 9.17) is 10.5 Å². The highest BCUT2D eigenvalue weighted by Crippen LogP contribution is 2.16. The second-order valence-corrected chi connectivity index (χ2v) is 5.08. The van der Waals surface area contributed by atoms with Gasteiger partial charge in [-0.2, -0.15) is 21.7 Å². The van der Waals surface area contributed by atoms with Crippen LogP contribution in [0.4, 0.5) is 11.8 Å². The molecular formula is C11H20N4OS.